The van der Waals surface area contributed by atoms with Crippen LogP contribution in [0.15, 0.2) is 90.1 Å². The van der Waals surface area contributed by atoms with Crippen molar-refractivity contribution in [3.63, 3.8) is 0 Å². The molecule has 2 aromatic heterocycles. The van der Waals surface area contributed by atoms with E-state index in [1.54, 1.807) is 18.3 Å². The van der Waals surface area contributed by atoms with Gasteiger partial charge in [0.2, 0.25) is 0 Å². The molecule has 0 saturated carbocycles. The molecule has 0 unspecified atom stereocenters. The van der Waals surface area contributed by atoms with Gasteiger partial charge in [-0.05, 0) is 36.2 Å². The molecule has 0 aliphatic heterocycles. The zero-order chi connectivity index (χ0) is 18.7. The van der Waals surface area contributed by atoms with E-state index in [-0.39, 0.29) is 4.90 Å². The number of rotatable bonds is 6. The van der Waals surface area contributed by atoms with Crippen LogP contribution in [0.1, 0.15) is 5.56 Å². The molecule has 0 aliphatic carbocycles. The van der Waals surface area contributed by atoms with Gasteiger partial charge in [0.25, 0.3) is 10.0 Å². The second-order valence-corrected chi connectivity index (χ2v) is 8.03. The van der Waals surface area contributed by atoms with Crippen LogP contribution < -0.4 is 4.31 Å². The average Bonchev–Trinajstić information content (AvgIpc) is 3.15. The molecule has 27 heavy (non-hydrogen) atoms. The first-order chi connectivity index (χ1) is 13.2. The number of nitrogens with one attached hydrogen (secondary N) is 1. The van der Waals surface area contributed by atoms with Crippen molar-refractivity contribution in [3.8, 4) is 0 Å². The summed E-state index contributed by atoms with van der Waals surface area (Å²) in [6.07, 6.45) is 3.78. The minimum atomic E-state index is -3.75. The van der Waals surface area contributed by atoms with Gasteiger partial charge in [-0.2, -0.15) is 0 Å². The summed E-state index contributed by atoms with van der Waals surface area (Å²) in [6.45, 7) is 0.350. The van der Waals surface area contributed by atoms with Crippen LogP contribution in [0.2, 0.25) is 0 Å². The summed E-state index contributed by atoms with van der Waals surface area (Å²) in [5.74, 6) is 0. The fraction of sp³-hybridized carbons (Fsp3) is 0.0952. The Balaban J connectivity index is 1.75. The van der Waals surface area contributed by atoms with Gasteiger partial charge in [0, 0.05) is 24.3 Å². The Morgan fingerprint density at radius 2 is 1.59 bits per heavy atom. The monoisotopic (exact) mass is 377 g/mol. The van der Waals surface area contributed by atoms with Crippen LogP contribution in [0.25, 0.3) is 11.0 Å². The molecule has 6 heteroatoms. The van der Waals surface area contributed by atoms with E-state index < -0.39 is 10.0 Å². The highest BCUT2D eigenvalue weighted by molar-refractivity contribution is 7.93. The summed E-state index contributed by atoms with van der Waals surface area (Å²) >= 11 is 0. The number of H-pyrrole nitrogens is 1. The quantitative estimate of drug-likeness (QED) is 0.552. The number of nitrogens with zero attached hydrogens (tertiary/aromatic N) is 2. The first-order valence-corrected chi connectivity index (χ1v) is 10.1. The van der Waals surface area contributed by atoms with Crippen LogP contribution in [-0.2, 0) is 16.4 Å². The van der Waals surface area contributed by atoms with Gasteiger partial charge in [-0.25, -0.2) is 13.4 Å². The van der Waals surface area contributed by atoms with Gasteiger partial charge in [0.05, 0.1) is 5.69 Å². The number of benzene rings is 2. The highest BCUT2D eigenvalue weighted by atomic mass is 32.2. The zero-order valence-electron chi connectivity index (χ0n) is 14.6. The van der Waals surface area contributed by atoms with Gasteiger partial charge < -0.3 is 4.98 Å². The van der Waals surface area contributed by atoms with Gasteiger partial charge >= 0.3 is 0 Å². The van der Waals surface area contributed by atoms with Crippen LogP contribution in [0.3, 0.4) is 0 Å². The maximum Gasteiger partial charge on any atom is 0.266 e. The summed E-state index contributed by atoms with van der Waals surface area (Å²) in [4.78, 5) is 7.40. The molecule has 0 saturated heterocycles. The smallest absolute Gasteiger partial charge is 0.266 e. The SMILES string of the molecule is O=S(=O)(c1c[nH]c2ncccc12)N(CCc1ccccc1)c1ccccc1. The average molecular weight is 377 g/mol. The van der Waals surface area contributed by atoms with Crippen molar-refractivity contribution in [3.05, 3.63) is 90.8 Å². The molecule has 5 nitrogen and oxygen atoms in total. The fourth-order valence-corrected chi connectivity index (χ4v) is 4.74. The molecule has 0 aliphatic rings. The third-order valence-corrected chi connectivity index (χ3v) is 6.34. The molecule has 0 radical (unpaired) electrons. The number of hydrogen-bond acceptors (Lipinski definition) is 3. The molecule has 0 atom stereocenters. The number of pyridine rings is 1. The van der Waals surface area contributed by atoms with Crippen molar-refractivity contribution < 1.29 is 8.42 Å². The van der Waals surface area contributed by atoms with Crippen LogP contribution in [-0.4, -0.2) is 24.9 Å². The van der Waals surface area contributed by atoms with Crippen LogP contribution in [0, 0.1) is 0 Å². The Kier molecular flexibility index (Phi) is 4.64. The standard InChI is InChI=1S/C21H19N3O2S/c25-27(26,20-16-23-21-19(20)12-7-14-22-21)24(18-10-5-2-6-11-18)15-13-17-8-3-1-4-9-17/h1-12,14,16H,13,15H2,(H,22,23). The van der Waals surface area contributed by atoms with Gasteiger partial charge in [-0.1, -0.05) is 48.5 Å². The molecule has 4 aromatic rings. The predicted octanol–water partition coefficient (Wildman–Crippen LogP) is 4.00. The van der Waals surface area contributed by atoms with Gasteiger partial charge in [-0.3, -0.25) is 4.31 Å². The predicted molar refractivity (Wildman–Crippen MR) is 107 cm³/mol. The topological polar surface area (TPSA) is 66.1 Å². The second-order valence-electron chi connectivity index (χ2n) is 6.20. The van der Waals surface area contributed by atoms with E-state index in [1.807, 2.05) is 60.7 Å². The third kappa shape index (κ3) is 3.44. The highest BCUT2D eigenvalue weighted by Gasteiger charge is 2.27. The van der Waals surface area contributed by atoms with Crippen molar-refractivity contribution in [1.29, 1.82) is 0 Å². The van der Waals surface area contributed by atoms with E-state index in [9.17, 15) is 8.42 Å². The molecular formula is C21H19N3O2S. The molecule has 1 N–H and O–H groups in total. The molecule has 0 fully saturated rings. The minimum absolute atomic E-state index is 0.238. The number of para-hydroxylation sites is 1. The van der Waals surface area contributed by atoms with Gasteiger partial charge in [-0.15, -0.1) is 0 Å². The molecule has 4 rings (SSSR count). The van der Waals surface area contributed by atoms with E-state index in [1.165, 1.54) is 10.5 Å². The van der Waals surface area contributed by atoms with Crippen molar-refractivity contribution in [2.75, 3.05) is 10.8 Å². The van der Waals surface area contributed by atoms with E-state index in [4.69, 9.17) is 0 Å². The maximum absolute atomic E-state index is 13.5. The number of aromatic amines is 1. The Labute approximate surface area is 158 Å². The first-order valence-electron chi connectivity index (χ1n) is 8.70. The summed E-state index contributed by atoms with van der Waals surface area (Å²) in [6, 6.07) is 22.6. The Morgan fingerprint density at radius 3 is 2.33 bits per heavy atom. The maximum atomic E-state index is 13.5. The van der Waals surface area contributed by atoms with Crippen LogP contribution in [0.5, 0.6) is 0 Å². The lowest BCUT2D eigenvalue weighted by atomic mass is 10.1. The summed E-state index contributed by atoms with van der Waals surface area (Å²) in [7, 11) is -3.75. The lowest BCUT2D eigenvalue weighted by molar-refractivity contribution is 0.591. The summed E-state index contributed by atoms with van der Waals surface area (Å²) < 4.78 is 28.5. The summed E-state index contributed by atoms with van der Waals surface area (Å²) in [5.41, 5.74) is 2.30. The lowest BCUT2D eigenvalue weighted by Gasteiger charge is -2.24. The van der Waals surface area contributed by atoms with Crippen molar-refractivity contribution in [2.45, 2.75) is 11.3 Å². The molecular weight excluding hydrogens is 358 g/mol. The number of anilines is 1. The van der Waals surface area contributed by atoms with Crippen molar-refractivity contribution in [1.82, 2.24) is 9.97 Å². The Morgan fingerprint density at radius 1 is 0.889 bits per heavy atom. The van der Waals surface area contributed by atoms with Gasteiger partial charge in [0.1, 0.15) is 10.5 Å². The van der Waals surface area contributed by atoms with Crippen molar-refractivity contribution >= 4 is 26.7 Å². The Bertz CT molecular complexity index is 1140. The normalized spacial score (nSPS) is 11.6. The summed E-state index contributed by atoms with van der Waals surface area (Å²) in [5, 5.41) is 0.596. The van der Waals surface area contributed by atoms with E-state index in [2.05, 4.69) is 9.97 Å². The minimum Gasteiger partial charge on any atom is -0.345 e. The van der Waals surface area contributed by atoms with Crippen LogP contribution >= 0.6 is 0 Å². The number of fused-ring (bicyclic) bond motifs is 1. The fourth-order valence-electron chi connectivity index (χ4n) is 3.12. The zero-order valence-corrected chi connectivity index (χ0v) is 15.4. The van der Waals surface area contributed by atoms with Gasteiger partial charge in [0.15, 0.2) is 0 Å². The molecule has 2 heterocycles. The number of hydrogen-bond donors (Lipinski definition) is 1. The first kappa shape index (κ1) is 17.3. The lowest BCUT2D eigenvalue weighted by Crippen LogP contribution is -2.33. The number of aromatic nitrogens is 2. The molecule has 2 aromatic carbocycles. The highest BCUT2D eigenvalue weighted by Crippen LogP contribution is 2.28. The number of sulfonamides is 1. The molecule has 0 amide bonds. The van der Waals surface area contributed by atoms with E-state index in [0.29, 0.717) is 29.7 Å². The molecule has 0 spiro atoms. The second kappa shape index (κ2) is 7.25. The van der Waals surface area contributed by atoms with E-state index in [0.717, 1.165) is 5.56 Å². The third-order valence-electron chi connectivity index (χ3n) is 4.47. The molecule has 0 bridgehead atoms. The van der Waals surface area contributed by atoms with Crippen molar-refractivity contribution in [2.24, 2.45) is 0 Å². The largest absolute Gasteiger partial charge is 0.345 e. The Hall–Kier alpha value is -3.12. The molecule has 136 valence electrons. The van der Waals surface area contributed by atoms with E-state index >= 15 is 0 Å². The van der Waals surface area contributed by atoms with Crippen LogP contribution in [0.4, 0.5) is 5.69 Å².